The van der Waals surface area contributed by atoms with E-state index >= 15 is 0 Å². The maximum Gasteiger partial charge on any atom is 0.306 e. The van der Waals surface area contributed by atoms with E-state index in [-0.39, 0.29) is 5.97 Å². The van der Waals surface area contributed by atoms with Crippen molar-refractivity contribution in [2.45, 2.75) is 59.0 Å². The average Bonchev–Trinajstić information content (AvgIpc) is 2.51. The second-order valence-electron chi connectivity index (χ2n) is 7.41. The number of hydrogen-bond acceptors (Lipinski definition) is 6. The topological polar surface area (TPSA) is 72.4 Å². The van der Waals surface area contributed by atoms with Crippen molar-refractivity contribution in [1.82, 2.24) is 9.97 Å². The fourth-order valence-electron chi connectivity index (χ4n) is 2.91. The van der Waals surface area contributed by atoms with Crippen molar-refractivity contribution in [1.29, 1.82) is 0 Å². The number of aromatic nitrogens is 2. The summed E-state index contributed by atoms with van der Waals surface area (Å²) >= 11 is 0. The highest BCUT2D eigenvalue weighted by Gasteiger charge is 2.23. The van der Waals surface area contributed by atoms with Crippen molar-refractivity contribution in [3.05, 3.63) is 17.5 Å². The molecule has 0 saturated carbocycles. The predicted octanol–water partition coefficient (Wildman–Crippen LogP) is 2.94. The van der Waals surface area contributed by atoms with Crippen LogP contribution in [-0.2, 0) is 9.53 Å². The number of anilines is 1. The van der Waals surface area contributed by atoms with Gasteiger partial charge >= 0.3 is 5.97 Å². The van der Waals surface area contributed by atoms with E-state index in [1.54, 1.807) is 6.07 Å². The first-order valence-corrected chi connectivity index (χ1v) is 8.54. The number of aldehydes is 1. The molecule has 1 aromatic heterocycles. The van der Waals surface area contributed by atoms with Gasteiger partial charge in [-0.05, 0) is 58.9 Å². The van der Waals surface area contributed by atoms with Gasteiger partial charge in [0.2, 0.25) is 5.95 Å². The monoisotopic (exact) mass is 333 g/mol. The quantitative estimate of drug-likeness (QED) is 0.609. The van der Waals surface area contributed by atoms with Gasteiger partial charge in [-0.3, -0.25) is 9.59 Å². The molecule has 0 radical (unpaired) electrons. The van der Waals surface area contributed by atoms with Crippen molar-refractivity contribution in [3.8, 4) is 0 Å². The molecule has 0 atom stereocenters. The summed E-state index contributed by atoms with van der Waals surface area (Å²) in [6.45, 7) is 9.23. The van der Waals surface area contributed by atoms with E-state index in [2.05, 4.69) is 14.9 Å². The Morgan fingerprint density at radius 1 is 1.33 bits per heavy atom. The lowest BCUT2D eigenvalue weighted by atomic mass is 9.92. The minimum absolute atomic E-state index is 0.123. The van der Waals surface area contributed by atoms with Crippen LogP contribution in [0.3, 0.4) is 0 Å². The van der Waals surface area contributed by atoms with E-state index in [0.717, 1.165) is 44.3 Å². The Bertz CT molecular complexity index is 588. The molecule has 2 rings (SSSR count). The Balaban J connectivity index is 1.82. The van der Waals surface area contributed by atoms with Crippen LogP contribution in [0.15, 0.2) is 6.07 Å². The van der Waals surface area contributed by atoms with Gasteiger partial charge in [-0.2, -0.15) is 0 Å². The Morgan fingerprint density at radius 2 is 2.00 bits per heavy atom. The van der Waals surface area contributed by atoms with Gasteiger partial charge in [0, 0.05) is 25.2 Å². The molecule has 1 aromatic rings. The molecular weight excluding hydrogens is 306 g/mol. The van der Waals surface area contributed by atoms with Gasteiger partial charge in [0.25, 0.3) is 0 Å². The largest absolute Gasteiger partial charge is 0.460 e. The Morgan fingerprint density at radius 3 is 2.58 bits per heavy atom. The second kappa shape index (κ2) is 7.73. The predicted molar refractivity (Wildman–Crippen MR) is 92.2 cm³/mol. The summed E-state index contributed by atoms with van der Waals surface area (Å²) in [5.41, 5.74) is 0.804. The Hall–Kier alpha value is -1.98. The fourth-order valence-corrected chi connectivity index (χ4v) is 2.91. The number of nitrogens with zero attached hydrogens (tertiary/aromatic N) is 3. The molecule has 2 heterocycles. The molecule has 6 heteroatoms. The zero-order valence-electron chi connectivity index (χ0n) is 15.0. The first kappa shape index (κ1) is 18.4. The van der Waals surface area contributed by atoms with Crippen LogP contribution in [0.2, 0.25) is 0 Å². The third kappa shape index (κ3) is 5.58. The number of carbonyl (C=O) groups excluding carboxylic acids is 2. The van der Waals surface area contributed by atoms with Crippen LogP contribution in [-0.4, -0.2) is 40.9 Å². The molecule has 0 aromatic carbocycles. The van der Waals surface area contributed by atoms with Crippen molar-refractivity contribution in [2.75, 3.05) is 18.0 Å². The SMILES string of the molecule is Cc1cc(C=O)nc(N2CCC(CCC(=O)OC(C)(C)C)CC2)n1. The van der Waals surface area contributed by atoms with Gasteiger partial charge in [-0.15, -0.1) is 0 Å². The van der Waals surface area contributed by atoms with Crippen LogP contribution in [0.1, 0.15) is 62.6 Å². The summed E-state index contributed by atoms with van der Waals surface area (Å²) < 4.78 is 5.36. The molecule has 0 amide bonds. The van der Waals surface area contributed by atoms with Crippen molar-refractivity contribution >= 4 is 18.2 Å². The van der Waals surface area contributed by atoms with Crippen LogP contribution in [0.4, 0.5) is 5.95 Å². The lowest BCUT2D eigenvalue weighted by molar-refractivity contribution is -0.155. The summed E-state index contributed by atoms with van der Waals surface area (Å²) in [4.78, 5) is 33.6. The van der Waals surface area contributed by atoms with Crippen LogP contribution >= 0.6 is 0 Å². The molecule has 0 aliphatic carbocycles. The maximum absolute atomic E-state index is 11.8. The smallest absolute Gasteiger partial charge is 0.306 e. The maximum atomic E-state index is 11.8. The van der Waals surface area contributed by atoms with Crippen LogP contribution in [0, 0.1) is 12.8 Å². The second-order valence-corrected chi connectivity index (χ2v) is 7.41. The van der Waals surface area contributed by atoms with Gasteiger partial charge in [-0.25, -0.2) is 9.97 Å². The Kier molecular flexibility index (Phi) is 5.91. The van der Waals surface area contributed by atoms with E-state index < -0.39 is 5.60 Å². The summed E-state index contributed by atoms with van der Waals surface area (Å²) in [7, 11) is 0. The number of hydrogen-bond donors (Lipinski definition) is 0. The molecule has 0 N–H and O–H groups in total. The molecular formula is C18H27N3O3. The molecule has 1 aliphatic rings. The highest BCUT2D eigenvalue weighted by Crippen LogP contribution is 2.25. The zero-order chi connectivity index (χ0) is 17.7. The standard InChI is InChI=1S/C18H27N3O3/c1-13-11-15(12-22)20-17(19-13)21-9-7-14(8-10-21)5-6-16(23)24-18(2,3)4/h11-12,14H,5-10H2,1-4H3. The van der Waals surface area contributed by atoms with E-state index in [0.29, 0.717) is 24.0 Å². The van der Waals surface area contributed by atoms with Gasteiger partial charge in [0.15, 0.2) is 6.29 Å². The minimum atomic E-state index is -0.417. The van der Waals surface area contributed by atoms with E-state index in [4.69, 9.17) is 4.74 Å². The molecule has 1 fully saturated rings. The first-order chi connectivity index (χ1) is 11.3. The third-order valence-corrected chi connectivity index (χ3v) is 4.06. The average molecular weight is 333 g/mol. The van der Waals surface area contributed by atoms with E-state index in [1.165, 1.54) is 0 Å². The van der Waals surface area contributed by atoms with E-state index in [1.807, 2.05) is 27.7 Å². The summed E-state index contributed by atoms with van der Waals surface area (Å²) in [5.74, 6) is 1.02. The van der Waals surface area contributed by atoms with Crippen LogP contribution < -0.4 is 4.90 Å². The molecule has 0 spiro atoms. The highest BCUT2D eigenvalue weighted by atomic mass is 16.6. The number of piperidine rings is 1. The molecule has 132 valence electrons. The first-order valence-electron chi connectivity index (χ1n) is 8.54. The van der Waals surface area contributed by atoms with Gasteiger partial charge in [0.1, 0.15) is 11.3 Å². The van der Waals surface area contributed by atoms with Gasteiger partial charge < -0.3 is 9.64 Å². The van der Waals surface area contributed by atoms with Crippen molar-refractivity contribution in [2.24, 2.45) is 5.92 Å². The van der Waals surface area contributed by atoms with Gasteiger partial charge in [-0.1, -0.05) is 0 Å². The van der Waals surface area contributed by atoms with Crippen molar-refractivity contribution < 1.29 is 14.3 Å². The van der Waals surface area contributed by atoms with Crippen molar-refractivity contribution in [3.63, 3.8) is 0 Å². The lowest BCUT2D eigenvalue weighted by Gasteiger charge is -2.32. The highest BCUT2D eigenvalue weighted by molar-refractivity contribution is 5.72. The summed E-state index contributed by atoms with van der Waals surface area (Å²) in [5, 5.41) is 0. The van der Waals surface area contributed by atoms with Crippen LogP contribution in [0.5, 0.6) is 0 Å². The number of aryl methyl sites for hydroxylation is 1. The zero-order valence-corrected chi connectivity index (χ0v) is 15.0. The summed E-state index contributed by atoms with van der Waals surface area (Å²) in [6, 6.07) is 1.68. The minimum Gasteiger partial charge on any atom is -0.460 e. The number of rotatable bonds is 5. The third-order valence-electron chi connectivity index (χ3n) is 4.06. The fraction of sp³-hybridized carbons (Fsp3) is 0.667. The molecule has 1 aliphatic heterocycles. The van der Waals surface area contributed by atoms with Crippen LogP contribution in [0.25, 0.3) is 0 Å². The molecule has 0 bridgehead atoms. The van der Waals surface area contributed by atoms with Gasteiger partial charge in [0.05, 0.1) is 0 Å². The lowest BCUT2D eigenvalue weighted by Crippen LogP contribution is -2.35. The molecule has 1 saturated heterocycles. The summed E-state index contributed by atoms with van der Waals surface area (Å²) in [6.07, 6.45) is 4.08. The number of carbonyl (C=O) groups is 2. The normalized spacial score (nSPS) is 16.1. The number of ether oxygens (including phenoxy) is 1. The molecule has 0 unspecified atom stereocenters. The molecule has 24 heavy (non-hydrogen) atoms. The van der Waals surface area contributed by atoms with E-state index in [9.17, 15) is 9.59 Å². The Labute approximate surface area is 143 Å². The molecule has 6 nitrogen and oxygen atoms in total. The number of esters is 1.